The van der Waals surface area contributed by atoms with Crippen molar-refractivity contribution in [2.75, 3.05) is 13.2 Å². The maximum Gasteiger partial charge on any atom is 0.410 e. The molecule has 6 nitrogen and oxygen atoms in total. The molecule has 1 fully saturated rings. The molecule has 0 spiro atoms. The van der Waals surface area contributed by atoms with Crippen molar-refractivity contribution < 1.29 is 24.5 Å². The third-order valence-corrected chi connectivity index (χ3v) is 10.1. The van der Waals surface area contributed by atoms with Gasteiger partial charge in [0, 0.05) is 23.1 Å². The van der Waals surface area contributed by atoms with E-state index in [0.29, 0.717) is 49.8 Å². The summed E-state index contributed by atoms with van der Waals surface area (Å²) in [5.74, 6) is -0.179. The second kappa shape index (κ2) is 14.1. The second-order valence-corrected chi connectivity index (χ2v) is 13.2. The van der Waals surface area contributed by atoms with Crippen LogP contribution < -0.4 is 0 Å². The highest BCUT2D eigenvalue weighted by Gasteiger charge is 2.57. The van der Waals surface area contributed by atoms with Crippen molar-refractivity contribution in [1.82, 2.24) is 4.90 Å². The summed E-state index contributed by atoms with van der Waals surface area (Å²) in [6.45, 7) is 6.74. The van der Waals surface area contributed by atoms with E-state index in [0.717, 1.165) is 29.5 Å². The summed E-state index contributed by atoms with van der Waals surface area (Å²) in [6.07, 6.45) is 5.77. The molecule has 238 valence electrons. The van der Waals surface area contributed by atoms with Gasteiger partial charge in [-0.05, 0) is 87.5 Å². The molecule has 0 heterocycles. The number of ether oxygens (including phenoxy) is 1. The van der Waals surface area contributed by atoms with Crippen LogP contribution in [0.1, 0.15) is 97.8 Å². The third kappa shape index (κ3) is 7.23. The number of aliphatic hydroxyl groups excluding tert-OH is 1. The maximum atomic E-state index is 14.1. The normalized spacial score (nSPS) is 25.1. The number of ketones is 1. The van der Waals surface area contributed by atoms with Crippen LogP contribution in [0.25, 0.3) is 0 Å². The number of rotatable bonds is 7. The standard InChI is InChI=1S/C39H47NO5/c1-4-45-37(43)40(26-29-13-7-5-8-14-29)27-39(44)23-21-35-33-20-18-30(25-34(33)36(42)31-15-9-6-10-16-31)24-32(41)19-17-28(2)12-11-22-38(35,39)3/h5-10,12-16,18,20,25,32,35,41,44H,4,11,17,19,21-24,26-27H2,1-3H3. The van der Waals surface area contributed by atoms with Crippen molar-refractivity contribution in [1.29, 1.82) is 0 Å². The Kier molecular flexibility index (Phi) is 10.3. The van der Waals surface area contributed by atoms with Crippen LogP contribution in [0.2, 0.25) is 0 Å². The van der Waals surface area contributed by atoms with Crippen LogP contribution in [-0.4, -0.2) is 51.8 Å². The highest BCUT2D eigenvalue weighted by atomic mass is 16.6. The molecule has 4 unspecified atom stereocenters. The Morgan fingerprint density at radius 2 is 1.69 bits per heavy atom. The Labute approximate surface area is 267 Å². The van der Waals surface area contributed by atoms with Crippen molar-refractivity contribution in [2.24, 2.45) is 5.41 Å². The third-order valence-electron chi connectivity index (χ3n) is 10.1. The first-order chi connectivity index (χ1) is 21.6. The van der Waals surface area contributed by atoms with Crippen molar-refractivity contribution in [2.45, 2.75) is 89.9 Å². The first kappa shape index (κ1) is 32.6. The van der Waals surface area contributed by atoms with Gasteiger partial charge in [-0.3, -0.25) is 4.79 Å². The number of amides is 1. The van der Waals surface area contributed by atoms with Crippen molar-refractivity contribution >= 4 is 11.9 Å². The smallest absolute Gasteiger partial charge is 0.410 e. The minimum absolute atomic E-state index is 0.0557. The lowest BCUT2D eigenvalue weighted by Crippen LogP contribution is -2.53. The van der Waals surface area contributed by atoms with E-state index in [2.05, 4.69) is 19.9 Å². The minimum Gasteiger partial charge on any atom is -0.450 e. The summed E-state index contributed by atoms with van der Waals surface area (Å²) >= 11 is 0. The topological polar surface area (TPSA) is 87.1 Å². The number of hydrogen-bond acceptors (Lipinski definition) is 5. The van der Waals surface area contributed by atoms with Crippen LogP contribution in [0.3, 0.4) is 0 Å². The SMILES string of the molecule is CCOC(=O)N(Cc1ccccc1)CC1(O)CCC2c3ccc(cc3C(=O)c3ccccc3)CC(O)CCC(C)=CCCC21C. The number of carbonyl (C=O) groups excluding carboxylic acids is 2. The Balaban J connectivity index is 1.59. The Hall–Kier alpha value is -3.74. The molecule has 0 aliphatic heterocycles. The van der Waals surface area contributed by atoms with Gasteiger partial charge >= 0.3 is 6.09 Å². The highest BCUT2D eigenvalue weighted by Crippen LogP contribution is 2.59. The number of nitrogens with zero attached hydrogens (tertiary/aromatic N) is 1. The van der Waals surface area contributed by atoms with E-state index < -0.39 is 23.2 Å². The average molecular weight is 610 g/mol. The molecule has 3 aromatic rings. The number of aliphatic hydroxyl groups is 2. The van der Waals surface area contributed by atoms with E-state index in [1.165, 1.54) is 5.57 Å². The van der Waals surface area contributed by atoms with E-state index in [-0.39, 0.29) is 24.9 Å². The molecular formula is C39H47NO5. The second-order valence-electron chi connectivity index (χ2n) is 13.2. The fraction of sp³-hybridized carbons (Fsp3) is 0.436. The fourth-order valence-corrected chi connectivity index (χ4v) is 7.46. The first-order valence-corrected chi connectivity index (χ1v) is 16.4. The monoisotopic (exact) mass is 609 g/mol. The highest BCUT2D eigenvalue weighted by molar-refractivity contribution is 6.10. The predicted octanol–water partition coefficient (Wildman–Crippen LogP) is 7.61. The summed E-state index contributed by atoms with van der Waals surface area (Å²) in [6, 6.07) is 25.1. The van der Waals surface area contributed by atoms with Crippen molar-refractivity contribution in [3.63, 3.8) is 0 Å². The minimum atomic E-state index is -1.22. The molecule has 2 bridgehead atoms. The van der Waals surface area contributed by atoms with Gasteiger partial charge in [-0.15, -0.1) is 0 Å². The van der Waals surface area contributed by atoms with E-state index in [1.54, 1.807) is 11.8 Å². The molecule has 0 saturated heterocycles. The number of fused-ring (bicyclic) bond motifs is 8. The van der Waals surface area contributed by atoms with Crippen LogP contribution in [0.5, 0.6) is 0 Å². The van der Waals surface area contributed by atoms with E-state index in [4.69, 9.17) is 4.74 Å². The molecule has 1 saturated carbocycles. The Bertz CT molecular complexity index is 1500. The molecule has 3 aliphatic carbocycles. The van der Waals surface area contributed by atoms with Crippen molar-refractivity contribution in [3.8, 4) is 0 Å². The average Bonchev–Trinajstić information content (AvgIpc) is 3.29. The van der Waals surface area contributed by atoms with E-state index in [9.17, 15) is 19.8 Å². The van der Waals surface area contributed by atoms with Crippen LogP contribution in [0.4, 0.5) is 4.79 Å². The number of carbonyl (C=O) groups is 2. The van der Waals surface area contributed by atoms with Gasteiger partial charge in [0.05, 0.1) is 24.9 Å². The summed E-state index contributed by atoms with van der Waals surface area (Å²) < 4.78 is 5.48. The number of benzene rings is 3. The van der Waals surface area contributed by atoms with Gasteiger partial charge in [0.2, 0.25) is 0 Å². The van der Waals surface area contributed by atoms with E-state index >= 15 is 0 Å². The molecule has 4 atom stereocenters. The molecule has 0 radical (unpaired) electrons. The lowest BCUT2D eigenvalue weighted by atomic mass is 9.64. The molecule has 3 aliphatic rings. The quantitative estimate of drug-likeness (QED) is 0.213. The van der Waals surface area contributed by atoms with Gasteiger partial charge in [-0.25, -0.2) is 4.79 Å². The van der Waals surface area contributed by atoms with Gasteiger partial charge in [-0.1, -0.05) is 91.4 Å². The van der Waals surface area contributed by atoms with Gasteiger partial charge < -0.3 is 19.8 Å². The summed E-state index contributed by atoms with van der Waals surface area (Å²) in [5, 5.41) is 23.6. The van der Waals surface area contributed by atoms with Gasteiger partial charge in [0.1, 0.15) is 0 Å². The fourth-order valence-electron chi connectivity index (χ4n) is 7.46. The molecule has 45 heavy (non-hydrogen) atoms. The van der Waals surface area contributed by atoms with Gasteiger partial charge in [0.25, 0.3) is 0 Å². The first-order valence-electron chi connectivity index (χ1n) is 16.4. The van der Waals surface area contributed by atoms with Gasteiger partial charge in [-0.2, -0.15) is 0 Å². The molecule has 2 N–H and O–H groups in total. The van der Waals surface area contributed by atoms with Gasteiger partial charge in [0.15, 0.2) is 5.78 Å². The van der Waals surface area contributed by atoms with Crippen LogP contribution >= 0.6 is 0 Å². The zero-order valence-corrected chi connectivity index (χ0v) is 26.9. The van der Waals surface area contributed by atoms with Crippen LogP contribution in [0, 0.1) is 5.41 Å². The van der Waals surface area contributed by atoms with Crippen molar-refractivity contribution in [3.05, 3.63) is 118 Å². The van der Waals surface area contributed by atoms with Crippen LogP contribution in [0.15, 0.2) is 90.5 Å². The maximum absolute atomic E-state index is 14.1. The molecule has 1 amide bonds. The lowest BCUT2D eigenvalue weighted by Gasteiger charge is -2.46. The van der Waals surface area contributed by atoms with Crippen LogP contribution in [-0.2, 0) is 17.7 Å². The van der Waals surface area contributed by atoms with E-state index in [1.807, 2.05) is 78.9 Å². The summed E-state index contributed by atoms with van der Waals surface area (Å²) in [7, 11) is 0. The zero-order chi connectivity index (χ0) is 32.0. The lowest BCUT2D eigenvalue weighted by molar-refractivity contribution is -0.0821. The molecule has 3 aromatic carbocycles. The predicted molar refractivity (Wildman–Crippen MR) is 177 cm³/mol. The molecule has 6 rings (SSSR count). The molecule has 6 heteroatoms. The largest absolute Gasteiger partial charge is 0.450 e. The summed E-state index contributed by atoms with van der Waals surface area (Å²) in [4.78, 5) is 29.1. The molecular weight excluding hydrogens is 562 g/mol. The zero-order valence-electron chi connectivity index (χ0n) is 26.9. The summed E-state index contributed by atoms with van der Waals surface area (Å²) in [5.41, 5.74) is 3.40. The number of hydrogen-bond donors (Lipinski definition) is 2. The Morgan fingerprint density at radius 1 is 0.978 bits per heavy atom. The molecule has 0 aromatic heterocycles. The Morgan fingerprint density at radius 3 is 2.40 bits per heavy atom. The number of allylic oxidation sites excluding steroid dienone is 2.